The molecule has 0 aromatic heterocycles. The normalized spacial score (nSPS) is 16.8. The van der Waals surface area contributed by atoms with E-state index in [4.69, 9.17) is 9.84 Å². The van der Waals surface area contributed by atoms with Crippen molar-refractivity contribution in [1.82, 2.24) is 10.2 Å². The summed E-state index contributed by atoms with van der Waals surface area (Å²) in [5, 5.41) is 11.2. The fourth-order valence-electron chi connectivity index (χ4n) is 2.27. The Balaban J connectivity index is 1.84. The van der Waals surface area contributed by atoms with E-state index in [0.717, 1.165) is 11.3 Å². The first-order valence-corrected chi connectivity index (χ1v) is 6.84. The summed E-state index contributed by atoms with van der Waals surface area (Å²) in [6, 6.07) is 6.53. The van der Waals surface area contributed by atoms with Crippen molar-refractivity contribution in [3.05, 3.63) is 29.8 Å². The Hall–Kier alpha value is -1.96. The van der Waals surface area contributed by atoms with Crippen LogP contribution in [0.1, 0.15) is 5.56 Å². The molecule has 0 saturated heterocycles. The quantitative estimate of drug-likeness (QED) is 0.866. The molecule has 1 aromatic rings. The predicted molar refractivity (Wildman–Crippen MR) is 72.7 cm³/mol. The summed E-state index contributed by atoms with van der Waals surface area (Å²) in [5.74, 6) is 0.726. The minimum atomic E-state index is -4.51. The van der Waals surface area contributed by atoms with E-state index in [-0.39, 0.29) is 19.2 Å². The van der Waals surface area contributed by atoms with Gasteiger partial charge < -0.3 is 20.1 Å². The van der Waals surface area contributed by atoms with Crippen molar-refractivity contribution in [2.24, 2.45) is 0 Å². The average molecular weight is 318 g/mol. The van der Waals surface area contributed by atoms with Gasteiger partial charge in [0.15, 0.2) is 0 Å². The van der Waals surface area contributed by atoms with Crippen LogP contribution in [0, 0.1) is 0 Å². The third kappa shape index (κ3) is 4.52. The van der Waals surface area contributed by atoms with E-state index in [2.05, 4.69) is 5.32 Å². The van der Waals surface area contributed by atoms with E-state index in [1.54, 1.807) is 6.07 Å². The van der Waals surface area contributed by atoms with Gasteiger partial charge >= 0.3 is 12.2 Å². The molecular weight excluding hydrogens is 301 g/mol. The van der Waals surface area contributed by atoms with Gasteiger partial charge in [0.05, 0.1) is 13.2 Å². The van der Waals surface area contributed by atoms with E-state index in [9.17, 15) is 18.0 Å². The molecule has 1 aliphatic heterocycles. The van der Waals surface area contributed by atoms with Crippen molar-refractivity contribution >= 4 is 6.03 Å². The summed E-state index contributed by atoms with van der Waals surface area (Å²) >= 11 is 0. The van der Waals surface area contributed by atoms with Crippen molar-refractivity contribution in [3.8, 4) is 5.75 Å². The number of ether oxygens (including phenoxy) is 1. The lowest BCUT2D eigenvalue weighted by atomic mass is 10.1. The lowest BCUT2D eigenvalue weighted by Crippen LogP contribution is -2.48. The number of alkyl halides is 3. The third-order valence-corrected chi connectivity index (χ3v) is 3.22. The Morgan fingerprint density at radius 2 is 2.14 bits per heavy atom. The summed E-state index contributed by atoms with van der Waals surface area (Å²) in [5.41, 5.74) is 1.00. The summed E-state index contributed by atoms with van der Waals surface area (Å²) < 4.78 is 42.7. The average Bonchev–Trinajstić information content (AvgIpc) is 2.85. The maximum atomic E-state index is 12.4. The first-order valence-electron chi connectivity index (χ1n) is 6.84. The Morgan fingerprint density at radius 3 is 2.77 bits per heavy atom. The molecule has 22 heavy (non-hydrogen) atoms. The molecule has 0 bridgehead atoms. The SMILES string of the molecule is O=C(NCC1Cc2ccccc2O1)N(CCO)CC(F)(F)F. The highest BCUT2D eigenvalue weighted by atomic mass is 19.4. The van der Waals surface area contributed by atoms with E-state index < -0.39 is 25.4 Å². The number of carbonyl (C=O) groups is 1. The fourth-order valence-corrected chi connectivity index (χ4v) is 2.27. The topological polar surface area (TPSA) is 61.8 Å². The first kappa shape index (κ1) is 16.4. The number of urea groups is 1. The molecule has 0 saturated carbocycles. The van der Waals surface area contributed by atoms with Crippen LogP contribution in [-0.4, -0.2) is 54.6 Å². The second-order valence-electron chi connectivity index (χ2n) is 5.00. The number of nitrogens with zero attached hydrogens (tertiary/aromatic N) is 1. The van der Waals surface area contributed by atoms with Crippen LogP contribution in [0.3, 0.4) is 0 Å². The number of amides is 2. The van der Waals surface area contributed by atoms with E-state index in [1.807, 2.05) is 18.2 Å². The minimum Gasteiger partial charge on any atom is -0.488 e. The van der Waals surface area contributed by atoms with Crippen LogP contribution in [-0.2, 0) is 6.42 Å². The molecule has 122 valence electrons. The van der Waals surface area contributed by atoms with Crippen LogP contribution in [0.2, 0.25) is 0 Å². The predicted octanol–water partition coefficient (Wildman–Crippen LogP) is 1.56. The Morgan fingerprint density at radius 1 is 1.41 bits per heavy atom. The van der Waals surface area contributed by atoms with Gasteiger partial charge in [-0.15, -0.1) is 0 Å². The van der Waals surface area contributed by atoms with Crippen LogP contribution in [0.15, 0.2) is 24.3 Å². The van der Waals surface area contributed by atoms with Crippen LogP contribution in [0.4, 0.5) is 18.0 Å². The second-order valence-corrected chi connectivity index (χ2v) is 5.00. The number of rotatable bonds is 5. The van der Waals surface area contributed by atoms with Gasteiger partial charge in [-0.2, -0.15) is 13.2 Å². The lowest BCUT2D eigenvalue weighted by Gasteiger charge is -2.24. The highest BCUT2D eigenvalue weighted by Crippen LogP contribution is 2.27. The van der Waals surface area contributed by atoms with E-state index in [0.29, 0.717) is 11.3 Å². The molecule has 1 aromatic carbocycles. The number of benzene rings is 1. The Labute approximate surface area is 125 Å². The monoisotopic (exact) mass is 318 g/mol. The molecule has 0 spiro atoms. The molecule has 1 heterocycles. The molecule has 1 unspecified atom stereocenters. The van der Waals surface area contributed by atoms with Gasteiger partial charge in [0.1, 0.15) is 18.4 Å². The van der Waals surface area contributed by atoms with Gasteiger partial charge in [-0.1, -0.05) is 18.2 Å². The van der Waals surface area contributed by atoms with Crippen molar-refractivity contribution in [3.63, 3.8) is 0 Å². The summed E-state index contributed by atoms with van der Waals surface area (Å²) in [6.45, 7) is -2.20. The van der Waals surface area contributed by atoms with Gasteiger partial charge in [-0.25, -0.2) is 4.79 Å². The van der Waals surface area contributed by atoms with Gasteiger partial charge in [0.2, 0.25) is 0 Å². The summed E-state index contributed by atoms with van der Waals surface area (Å²) in [7, 11) is 0. The molecule has 0 aliphatic carbocycles. The fraction of sp³-hybridized carbons (Fsp3) is 0.500. The maximum absolute atomic E-state index is 12.4. The van der Waals surface area contributed by atoms with E-state index in [1.165, 1.54) is 0 Å². The van der Waals surface area contributed by atoms with Crippen molar-refractivity contribution < 1.29 is 27.8 Å². The van der Waals surface area contributed by atoms with Gasteiger partial charge in [0.25, 0.3) is 0 Å². The second kappa shape index (κ2) is 6.87. The van der Waals surface area contributed by atoms with Gasteiger partial charge in [-0.05, 0) is 11.6 Å². The Kier molecular flexibility index (Phi) is 5.12. The number of aliphatic hydroxyl groups excluding tert-OH is 1. The number of aliphatic hydroxyl groups is 1. The standard InChI is InChI=1S/C14H17F3N2O3/c15-14(16,17)9-19(5-6-20)13(21)18-8-11-7-10-3-1-2-4-12(10)22-11/h1-4,11,20H,5-9H2,(H,18,21). The number of hydrogen-bond acceptors (Lipinski definition) is 3. The Bertz CT molecular complexity index is 497. The van der Waals surface area contributed by atoms with E-state index >= 15 is 0 Å². The molecule has 2 rings (SSSR count). The maximum Gasteiger partial charge on any atom is 0.406 e. The summed E-state index contributed by atoms with van der Waals surface area (Å²) in [4.78, 5) is 12.3. The first-order chi connectivity index (χ1) is 10.4. The number of para-hydroxylation sites is 1. The van der Waals surface area contributed by atoms with Crippen molar-refractivity contribution in [1.29, 1.82) is 0 Å². The number of hydrogen-bond donors (Lipinski definition) is 2. The van der Waals surface area contributed by atoms with Crippen molar-refractivity contribution in [2.75, 3.05) is 26.2 Å². The minimum absolute atomic E-state index is 0.104. The molecule has 8 heteroatoms. The zero-order valence-electron chi connectivity index (χ0n) is 11.8. The summed E-state index contributed by atoms with van der Waals surface area (Å²) in [6.07, 6.45) is -4.22. The largest absolute Gasteiger partial charge is 0.488 e. The molecule has 2 N–H and O–H groups in total. The number of nitrogens with one attached hydrogen (secondary N) is 1. The van der Waals surface area contributed by atoms with Gasteiger partial charge in [-0.3, -0.25) is 0 Å². The molecule has 2 amide bonds. The molecule has 1 atom stereocenters. The van der Waals surface area contributed by atoms with Crippen LogP contribution in [0.25, 0.3) is 0 Å². The van der Waals surface area contributed by atoms with Crippen LogP contribution >= 0.6 is 0 Å². The van der Waals surface area contributed by atoms with Crippen LogP contribution < -0.4 is 10.1 Å². The molecule has 1 aliphatic rings. The molecule has 0 fully saturated rings. The third-order valence-electron chi connectivity index (χ3n) is 3.22. The number of halogens is 3. The highest BCUT2D eigenvalue weighted by molar-refractivity contribution is 5.74. The number of carbonyl (C=O) groups excluding carboxylic acids is 1. The molecular formula is C14H17F3N2O3. The highest BCUT2D eigenvalue weighted by Gasteiger charge is 2.33. The number of fused-ring (bicyclic) bond motifs is 1. The van der Waals surface area contributed by atoms with Crippen LogP contribution in [0.5, 0.6) is 5.75 Å². The molecule has 5 nitrogen and oxygen atoms in total. The molecule has 0 radical (unpaired) electrons. The smallest absolute Gasteiger partial charge is 0.406 e. The zero-order chi connectivity index (χ0) is 16.2. The zero-order valence-corrected chi connectivity index (χ0v) is 11.8. The lowest BCUT2D eigenvalue weighted by molar-refractivity contribution is -0.140. The van der Waals surface area contributed by atoms with Crippen molar-refractivity contribution in [2.45, 2.75) is 18.7 Å². The van der Waals surface area contributed by atoms with Gasteiger partial charge in [0, 0.05) is 13.0 Å².